The summed E-state index contributed by atoms with van der Waals surface area (Å²) in [6.07, 6.45) is 3.91. The smallest absolute Gasteiger partial charge is 0.225 e. The molecule has 1 N–H and O–H groups in total. The van der Waals surface area contributed by atoms with Crippen LogP contribution in [0.15, 0.2) is 18.2 Å². The van der Waals surface area contributed by atoms with Gasteiger partial charge in [0.15, 0.2) is 11.6 Å². The second-order valence-corrected chi connectivity index (χ2v) is 6.72. The first-order chi connectivity index (χ1) is 11.1. The fourth-order valence-electron chi connectivity index (χ4n) is 3.43. The Morgan fingerprint density at radius 1 is 1.30 bits per heavy atom. The Kier molecular flexibility index (Phi) is 4.95. The van der Waals surface area contributed by atoms with Gasteiger partial charge in [-0.1, -0.05) is 25.5 Å². The Hall–Kier alpha value is -1.49. The molecule has 1 amide bonds. The summed E-state index contributed by atoms with van der Waals surface area (Å²) in [5.41, 5.74) is 0.358. The van der Waals surface area contributed by atoms with Crippen molar-refractivity contribution in [2.24, 2.45) is 11.8 Å². The molecule has 3 rings (SSSR count). The Labute approximate surface area is 136 Å². The topological polar surface area (TPSA) is 32.3 Å². The van der Waals surface area contributed by atoms with Crippen LogP contribution in [-0.2, 0) is 11.3 Å². The standard InChI is InChI=1S/C18H24F2N2O/c1-2-12-11-22(18(23)13-6-7-13)9-8-16(12)21-10-14-4-3-5-15(19)17(14)20/h3-5,12-13,16,21H,2,6-11H2,1H3/t12-,16+/m0/s1. The van der Waals surface area contributed by atoms with Gasteiger partial charge in [-0.3, -0.25) is 4.79 Å². The molecule has 23 heavy (non-hydrogen) atoms. The first kappa shape index (κ1) is 16.4. The predicted molar refractivity (Wildman–Crippen MR) is 84.7 cm³/mol. The zero-order chi connectivity index (χ0) is 16.4. The molecular weight excluding hydrogens is 298 g/mol. The first-order valence-corrected chi connectivity index (χ1v) is 8.55. The molecule has 0 radical (unpaired) electrons. The quantitative estimate of drug-likeness (QED) is 0.903. The predicted octanol–water partition coefficient (Wildman–Crippen LogP) is 3.09. The summed E-state index contributed by atoms with van der Waals surface area (Å²) >= 11 is 0. The molecule has 0 bridgehead atoms. The van der Waals surface area contributed by atoms with Crippen molar-refractivity contribution >= 4 is 5.91 Å². The Morgan fingerprint density at radius 2 is 2.09 bits per heavy atom. The number of hydrogen-bond acceptors (Lipinski definition) is 2. The number of nitrogens with one attached hydrogen (secondary N) is 1. The highest BCUT2D eigenvalue weighted by molar-refractivity contribution is 5.81. The first-order valence-electron chi connectivity index (χ1n) is 8.55. The SMILES string of the molecule is CC[C@H]1CN(C(=O)C2CC2)CC[C@H]1NCc1cccc(F)c1F. The van der Waals surface area contributed by atoms with Gasteiger partial charge < -0.3 is 10.2 Å². The van der Waals surface area contributed by atoms with Crippen LogP contribution in [0.2, 0.25) is 0 Å². The van der Waals surface area contributed by atoms with Crippen LogP contribution in [0.4, 0.5) is 8.78 Å². The van der Waals surface area contributed by atoms with Crippen LogP contribution in [0.25, 0.3) is 0 Å². The lowest BCUT2D eigenvalue weighted by molar-refractivity contribution is -0.134. The number of piperidine rings is 1. The summed E-state index contributed by atoms with van der Waals surface area (Å²) in [6, 6.07) is 4.52. The van der Waals surface area contributed by atoms with E-state index >= 15 is 0 Å². The molecule has 3 nitrogen and oxygen atoms in total. The Balaban J connectivity index is 1.57. The maximum absolute atomic E-state index is 13.7. The summed E-state index contributed by atoms with van der Waals surface area (Å²) in [4.78, 5) is 14.2. The van der Waals surface area contributed by atoms with Crippen molar-refractivity contribution in [1.82, 2.24) is 10.2 Å². The Bertz CT molecular complexity index is 574. The molecule has 2 atom stereocenters. The zero-order valence-corrected chi connectivity index (χ0v) is 13.5. The monoisotopic (exact) mass is 322 g/mol. The number of hydrogen-bond donors (Lipinski definition) is 1. The van der Waals surface area contributed by atoms with E-state index in [1.54, 1.807) is 6.07 Å². The van der Waals surface area contributed by atoms with Crippen molar-refractivity contribution in [2.45, 2.75) is 45.2 Å². The summed E-state index contributed by atoms with van der Waals surface area (Å²) in [7, 11) is 0. The van der Waals surface area contributed by atoms with Crippen LogP contribution >= 0.6 is 0 Å². The van der Waals surface area contributed by atoms with Crippen molar-refractivity contribution in [3.8, 4) is 0 Å². The normalized spacial score (nSPS) is 24.7. The van der Waals surface area contributed by atoms with E-state index in [0.717, 1.165) is 44.8 Å². The number of amides is 1. The van der Waals surface area contributed by atoms with E-state index in [1.807, 2.05) is 4.90 Å². The van der Waals surface area contributed by atoms with E-state index < -0.39 is 11.6 Å². The Morgan fingerprint density at radius 3 is 2.78 bits per heavy atom. The molecule has 1 aromatic carbocycles. The lowest BCUT2D eigenvalue weighted by Crippen LogP contribution is -2.51. The highest BCUT2D eigenvalue weighted by atomic mass is 19.2. The molecule has 1 saturated carbocycles. The van der Waals surface area contributed by atoms with Crippen LogP contribution in [-0.4, -0.2) is 29.9 Å². The molecule has 2 fully saturated rings. The highest BCUT2D eigenvalue weighted by Crippen LogP contribution is 2.33. The third-order valence-electron chi connectivity index (χ3n) is 5.08. The summed E-state index contributed by atoms with van der Waals surface area (Å²) in [5, 5.41) is 3.37. The number of carbonyl (C=O) groups excluding carboxylic acids is 1. The van der Waals surface area contributed by atoms with E-state index in [0.29, 0.717) is 23.9 Å². The van der Waals surface area contributed by atoms with Crippen LogP contribution in [0, 0.1) is 23.5 Å². The minimum atomic E-state index is -0.804. The molecule has 1 heterocycles. The van der Waals surface area contributed by atoms with E-state index in [9.17, 15) is 13.6 Å². The molecule has 2 aliphatic rings. The van der Waals surface area contributed by atoms with Crippen LogP contribution < -0.4 is 5.32 Å². The minimum Gasteiger partial charge on any atom is -0.342 e. The molecular formula is C18H24F2N2O. The van der Waals surface area contributed by atoms with Gasteiger partial charge in [-0.2, -0.15) is 0 Å². The third kappa shape index (κ3) is 3.71. The molecule has 0 unspecified atom stereocenters. The van der Waals surface area contributed by atoms with Gasteiger partial charge in [0.1, 0.15) is 0 Å². The van der Waals surface area contributed by atoms with Crippen molar-refractivity contribution in [2.75, 3.05) is 13.1 Å². The molecule has 0 spiro atoms. The van der Waals surface area contributed by atoms with E-state index in [1.165, 1.54) is 6.07 Å². The summed E-state index contributed by atoms with van der Waals surface area (Å²) < 4.78 is 27.0. The largest absolute Gasteiger partial charge is 0.342 e. The second kappa shape index (κ2) is 6.95. The van der Waals surface area contributed by atoms with E-state index in [2.05, 4.69) is 12.2 Å². The van der Waals surface area contributed by atoms with Gasteiger partial charge in [-0.25, -0.2) is 8.78 Å². The number of nitrogens with zero attached hydrogens (tertiary/aromatic N) is 1. The number of rotatable bonds is 5. The number of benzene rings is 1. The number of carbonyl (C=O) groups is 1. The van der Waals surface area contributed by atoms with E-state index in [-0.39, 0.29) is 12.0 Å². The second-order valence-electron chi connectivity index (χ2n) is 6.72. The molecule has 1 aliphatic heterocycles. The van der Waals surface area contributed by atoms with Crippen molar-refractivity contribution < 1.29 is 13.6 Å². The lowest BCUT2D eigenvalue weighted by atomic mass is 9.89. The number of halogens is 2. The average Bonchev–Trinajstić information content (AvgIpc) is 3.40. The lowest BCUT2D eigenvalue weighted by Gasteiger charge is -2.39. The molecule has 126 valence electrons. The molecule has 1 aliphatic carbocycles. The van der Waals surface area contributed by atoms with Crippen molar-refractivity contribution in [3.63, 3.8) is 0 Å². The van der Waals surface area contributed by atoms with Gasteiger partial charge in [0.2, 0.25) is 5.91 Å². The summed E-state index contributed by atoms with van der Waals surface area (Å²) in [6.45, 7) is 3.97. The van der Waals surface area contributed by atoms with Crippen LogP contribution in [0.1, 0.15) is 38.2 Å². The maximum atomic E-state index is 13.7. The zero-order valence-electron chi connectivity index (χ0n) is 13.5. The molecule has 1 saturated heterocycles. The van der Waals surface area contributed by atoms with Gasteiger partial charge >= 0.3 is 0 Å². The average molecular weight is 322 g/mol. The fourth-order valence-corrected chi connectivity index (χ4v) is 3.43. The van der Waals surface area contributed by atoms with Gasteiger partial charge in [0.25, 0.3) is 0 Å². The third-order valence-corrected chi connectivity index (χ3v) is 5.08. The van der Waals surface area contributed by atoms with Crippen LogP contribution in [0.5, 0.6) is 0 Å². The molecule has 5 heteroatoms. The van der Waals surface area contributed by atoms with Gasteiger partial charge in [-0.05, 0) is 31.2 Å². The van der Waals surface area contributed by atoms with Gasteiger partial charge in [-0.15, -0.1) is 0 Å². The summed E-state index contributed by atoms with van der Waals surface area (Å²) in [5.74, 6) is -0.643. The van der Waals surface area contributed by atoms with Gasteiger partial charge in [0.05, 0.1) is 0 Å². The van der Waals surface area contributed by atoms with Crippen molar-refractivity contribution in [1.29, 1.82) is 0 Å². The fraction of sp³-hybridized carbons (Fsp3) is 0.611. The van der Waals surface area contributed by atoms with Gasteiger partial charge in [0, 0.05) is 37.2 Å². The highest BCUT2D eigenvalue weighted by Gasteiger charge is 2.37. The molecule has 0 aromatic heterocycles. The maximum Gasteiger partial charge on any atom is 0.225 e. The minimum absolute atomic E-state index is 0.242. The van der Waals surface area contributed by atoms with Crippen molar-refractivity contribution in [3.05, 3.63) is 35.4 Å². The van der Waals surface area contributed by atoms with Crippen LogP contribution in [0.3, 0.4) is 0 Å². The molecule has 1 aromatic rings. The van der Waals surface area contributed by atoms with E-state index in [4.69, 9.17) is 0 Å². The number of likely N-dealkylation sites (tertiary alicyclic amines) is 1.